The van der Waals surface area contributed by atoms with E-state index in [9.17, 15) is 5.11 Å². The van der Waals surface area contributed by atoms with Crippen LogP contribution in [-0.4, -0.2) is 42.4 Å². The van der Waals surface area contributed by atoms with Gasteiger partial charge in [-0.1, -0.05) is 30.7 Å². The molecule has 0 saturated carbocycles. The van der Waals surface area contributed by atoms with E-state index in [4.69, 9.17) is 16.3 Å². The van der Waals surface area contributed by atoms with Crippen molar-refractivity contribution in [3.8, 4) is 5.75 Å². The molecule has 1 aliphatic rings. The molecule has 1 aromatic carbocycles. The van der Waals surface area contributed by atoms with Crippen molar-refractivity contribution in [2.24, 2.45) is 5.92 Å². The molecule has 0 aromatic heterocycles. The minimum Gasteiger partial charge on any atom is -0.489 e. The van der Waals surface area contributed by atoms with Gasteiger partial charge < -0.3 is 14.7 Å². The Hall–Kier alpha value is -0.770. The second-order valence-electron chi connectivity index (χ2n) is 5.40. The van der Waals surface area contributed by atoms with Crippen molar-refractivity contribution in [1.29, 1.82) is 0 Å². The van der Waals surface area contributed by atoms with Gasteiger partial charge in [0.15, 0.2) is 0 Å². The zero-order chi connectivity index (χ0) is 13.7. The van der Waals surface area contributed by atoms with Gasteiger partial charge in [-0.05, 0) is 37.4 Å². The first kappa shape index (κ1) is 14.6. The first-order chi connectivity index (χ1) is 9.15. The van der Waals surface area contributed by atoms with E-state index in [1.165, 1.54) is 12.8 Å². The minimum atomic E-state index is -0.471. The summed E-state index contributed by atoms with van der Waals surface area (Å²) in [5.74, 6) is 1.36. The fourth-order valence-corrected chi connectivity index (χ4v) is 2.74. The van der Waals surface area contributed by atoms with Crippen LogP contribution in [0.2, 0.25) is 5.02 Å². The van der Waals surface area contributed by atoms with E-state index in [-0.39, 0.29) is 6.61 Å². The summed E-state index contributed by atoms with van der Waals surface area (Å²) in [5, 5.41) is 10.6. The summed E-state index contributed by atoms with van der Waals surface area (Å²) in [6.07, 6.45) is 2.05. The molecule has 0 bridgehead atoms. The Balaban J connectivity index is 1.75. The van der Waals surface area contributed by atoms with Gasteiger partial charge in [0.05, 0.1) is 5.02 Å². The van der Waals surface area contributed by atoms with Gasteiger partial charge in [-0.25, -0.2) is 0 Å². The molecule has 2 atom stereocenters. The number of likely N-dealkylation sites (tertiary alicyclic amines) is 1. The molecular formula is C15H22ClNO2. The average Bonchev–Trinajstić information content (AvgIpc) is 2.38. The quantitative estimate of drug-likeness (QED) is 0.902. The maximum atomic E-state index is 10.0. The van der Waals surface area contributed by atoms with Gasteiger partial charge in [-0.15, -0.1) is 0 Å². The van der Waals surface area contributed by atoms with Crippen LogP contribution in [0, 0.1) is 5.92 Å². The number of aliphatic hydroxyl groups excluding tert-OH is 1. The molecule has 1 fully saturated rings. The van der Waals surface area contributed by atoms with Crippen LogP contribution in [0.1, 0.15) is 19.8 Å². The van der Waals surface area contributed by atoms with Crippen LogP contribution < -0.4 is 4.74 Å². The Kier molecular flexibility index (Phi) is 5.49. The fraction of sp³-hybridized carbons (Fsp3) is 0.600. The van der Waals surface area contributed by atoms with Crippen LogP contribution in [0.15, 0.2) is 24.3 Å². The van der Waals surface area contributed by atoms with Crippen LogP contribution in [0.25, 0.3) is 0 Å². The number of halogens is 1. The molecule has 0 spiro atoms. The highest BCUT2D eigenvalue weighted by molar-refractivity contribution is 6.32. The highest BCUT2D eigenvalue weighted by Crippen LogP contribution is 2.23. The molecule has 1 N–H and O–H groups in total. The van der Waals surface area contributed by atoms with E-state index >= 15 is 0 Å². The molecule has 2 rings (SSSR count). The molecule has 0 unspecified atom stereocenters. The molecular weight excluding hydrogens is 262 g/mol. The van der Waals surface area contributed by atoms with E-state index < -0.39 is 6.10 Å². The highest BCUT2D eigenvalue weighted by Gasteiger charge is 2.19. The van der Waals surface area contributed by atoms with Crippen molar-refractivity contribution in [2.75, 3.05) is 26.2 Å². The second-order valence-corrected chi connectivity index (χ2v) is 5.81. The van der Waals surface area contributed by atoms with E-state index in [1.54, 1.807) is 6.07 Å². The van der Waals surface area contributed by atoms with E-state index in [0.29, 0.717) is 17.3 Å². The molecule has 1 aliphatic heterocycles. The van der Waals surface area contributed by atoms with Gasteiger partial charge in [0.25, 0.3) is 0 Å². The molecule has 0 amide bonds. The zero-order valence-electron chi connectivity index (χ0n) is 11.4. The number of hydrogen-bond acceptors (Lipinski definition) is 3. The molecule has 3 nitrogen and oxygen atoms in total. The molecule has 1 saturated heterocycles. The molecule has 1 aromatic rings. The Labute approximate surface area is 120 Å². The fourth-order valence-electron chi connectivity index (χ4n) is 2.55. The van der Waals surface area contributed by atoms with E-state index in [2.05, 4.69) is 11.8 Å². The molecule has 1 heterocycles. The zero-order valence-corrected chi connectivity index (χ0v) is 12.1. The lowest BCUT2D eigenvalue weighted by molar-refractivity contribution is 0.0537. The van der Waals surface area contributed by atoms with Crippen LogP contribution in [0.3, 0.4) is 0 Å². The number of hydrogen-bond donors (Lipinski definition) is 1. The summed E-state index contributed by atoms with van der Waals surface area (Å²) >= 11 is 6.00. The summed E-state index contributed by atoms with van der Waals surface area (Å²) in [5.41, 5.74) is 0. The van der Waals surface area contributed by atoms with Crippen molar-refractivity contribution in [3.05, 3.63) is 29.3 Å². The highest BCUT2D eigenvalue weighted by atomic mass is 35.5. The average molecular weight is 284 g/mol. The minimum absolute atomic E-state index is 0.286. The molecule has 0 aliphatic carbocycles. The number of aliphatic hydroxyl groups is 1. The third-order valence-corrected chi connectivity index (χ3v) is 3.79. The number of ether oxygens (including phenoxy) is 1. The SMILES string of the molecule is C[C@@H]1CCCN(C[C@@H](O)COc2ccccc2Cl)C1. The first-order valence-corrected chi connectivity index (χ1v) is 7.30. The number of para-hydroxylation sites is 1. The smallest absolute Gasteiger partial charge is 0.138 e. The third-order valence-electron chi connectivity index (χ3n) is 3.48. The van der Waals surface area contributed by atoms with Gasteiger partial charge in [0, 0.05) is 13.1 Å². The van der Waals surface area contributed by atoms with Crippen LogP contribution in [0.4, 0.5) is 0 Å². The van der Waals surface area contributed by atoms with Gasteiger partial charge in [-0.3, -0.25) is 0 Å². The van der Waals surface area contributed by atoms with E-state index in [1.807, 2.05) is 18.2 Å². The summed E-state index contributed by atoms with van der Waals surface area (Å²) in [4.78, 5) is 2.31. The lowest BCUT2D eigenvalue weighted by Crippen LogP contribution is -2.41. The lowest BCUT2D eigenvalue weighted by Gasteiger charge is -2.32. The summed E-state index contributed by atoms with van der Waals surface area (Å²) in [7, 11) is 0. The summed E-state index contributed by atoms with van der Waals surface area (Å²) < 4.78 is 5.56. The summed E-state index contributed by atoms with van der Waals surface area (Å²) in [6, 6.07) is 7.34. The van der Waals surface area contributed by atoms with Crippen molar-refractivity contribution >= 4 is 11.6 Å². The Bertz CT molecular complexity index is 399. The van der Waals surface area contributed by atoms with Gasteiger partial charge >= 0.3 is 0 Å². The maximum absolute atomic E-state index is 10.0. The molecule has 0 radical (unpaired) electrons. The van der Waals surface area contributed by atoms with Crippen molar-refractivity contribution < 1.29 is 9.84 Å². The predicted molar refractivity (Wildman–Crippen MR) is 77.8 cm³/mol. The van der Waals surface area contributed by atoms with Crippen LogP contribution in [0.5, 0.6) is 5.75 Å². The van der Waals surface area contributed by atoms with Crippen molar-refractivity contribution in [1.82, 2.24) is 4.90 Å². The molecule has 19 heavy (non-hydrogen) atoms. The first-order valence-electron chi connectivity index (χ1n) is 6.93. The molecule has 4 heteroatoms. The van der Waals surface area contributed by atoms with Crippen LogP contribution >= 0.6 is 11.6 Å². The second kappa shape index (κ2) is 7.13. The maximum Gasteiger partial charge on any atom is 0.138 e. The largest absolute Gasteiger partial charge is 0.489 e. The number of piperidine rings is 1. The Morgan fingerprint density at radius 1 is 1.47 bits per heavy atom. The van der Waals surface area contributed by atoms with Crippen molar-refractivity contribution in [2.45, 2.75) is 25.9 Å². The topological polar surface area (TPSA) is 32.7 Å². The number of benzene rings is 1. The van der Waals surface area contributed by atoms with Gasteiger partial charge in [-0.2, -0.15) is 0 Å². The normalized spacial score (nSPS) is 22.2. The Morgan fingerprint density at radius 3 is 3.00 bits per heavy atom. The van der Waals surface area contributed by atoms with E-state index in [0.717, 1.165) is 19.0 Å². The monoisotopic (exact) mass is 283 g/mol. The third kappa shape index (κ3) is 4.68. The van der Waals surface area contributed by atoms with Gasteiger partial charge in [0.1, 0.15) is 18.5 Å². The Morgan fingerprint density at radius 2 is 2.26 bits per heavy atom. The van der Waals surface area contributed by atoms with Crippen LogP contribution in [-0.2, 0) is 0 Å². The lowest BCUT2D eigenvalue weighted by atomic mass is 10.0. The standard InChI is InChI=1S/C15H22ClNO2/c1-12-5-4-8-17(9-12)10-13(18)11-19-15-7-3-2-6-14(15)16/h2-3,6-7,12-13,18H,4-5,8-11H2,1H3/t12-,13-/m1/s1. The number of β-amino-alcohol motifs (C(OH)–C–C–N with tert-alkyl or cyclic N) is 1. The summed E-state index contributed by atoms with van der Waals surface area (Å²) in [6.45, 7) is 5.37. The predicted octanol–water partition coefficient (Wildman–Crippen LogP) is 2.81. The molecule has 106 valence electrons. The number of rotatable bonds is 5. The number of nitrogens with zero attached hydrogens (tertiary/aromatic N) is 1. The van der Waals surface area contributed by atoms with Gasteiger partial charge in [0.2, 0.25) is 0 Å². The van der Waals surface area contributed by atoms with Crippen molar-refractivity contribution in [3.63, 3.8) is 0 Å².